The summed E-state index contributed by atoms with van der Waals surface area (Å²) in [6.45, 7) is 1.72. The molecule has 2 fully saturated rings. The number of amides is 4. The lowest BCUT2D eigenvalue weighted by Crippen LogP contribution is -2.80. The number of alkyl carbamates (subject to hydrolysis) is 1. The third-order valence-electron chi connectivity index (χ3n) is 8.56. The van der Waals surface area contributed by atoms with E-state index in [-0.39, 0.29) is 30.9 Å². The van der Waals surface area contributed by atoms with Crippen molar-refractivity contribution in [2.24, 2.45) is 0 Å². The van der Waals surface area contributed by atoms with Crippen molar-refractivity contribution >= 4 is 82.4 Å². The first-order valence-corrected chi connectivity index (χ1v) is 18.4. The summed E-state index contributed by atoms with van der Waals surface area (Å²) < 4.78 is 31.2. The van der Waals surface area contributed by atoms with Crippen molar-refractivity contribution in [3.63, 3.8) is 0 Å². The minimum absolute atomic E-state index is 0.00534. The van der Waals surface area contributed by atoms with Gasteiger partial charge in [0.1, 0.15) is 31.6 Å². The van der Waals surface area contributed by atoms with Crippen LogP contribution in [0.3, 0.4) is 0 Å². The summed E-state index contributed by atoms with van der Waals surface area (Å²) in [5.41, 5.74) is -1.08. The van der Waals surface area contributed by atoms with E-state index >= 15 is 0 Å². The number of rotatable bonds is 13. The van der Waals surface area contributed by atoms with E-state index in [1.54, 1.807) is 54.6 Å². The second-order valence-electron chi connectivity index (χ2n) is 12.4. The number of nitrogens with zero attached hydrogens (tertiary/aromatic N) is 1. The summed E-state index contributed by atoms with van der Waals surface area (Å²) in [5.74, 6) is -3.06. The summed E-state index contributed by atoms with van der Waals surface area (Å²) in [6.07, 6.45) is -1.98. The van der Waals surface area contributed by atoms with Gasteiger partial charge >= 0.3 is 18.2 Å². The van der Waals surface area contributed by atoms with Crippen LogP contribution in [-0.2, 0) is 57.8 Å². The van der Waals surface area contributed by atoms with Gasteiger partial charge in [0.2, 0.25) is 21.5 Å². The van der Waals surface area contributed by atoms with E-state index in [1.165, 1.54) is 38.1 Å². The van der Waals surface area contributed by atoms with E-state index in [2.05, 4.69) is 16.0 Å². The number of benzene rings is 3. The van der Waals surface area contributed by atoms with Gasteiger partial charge in [0.15, 0.2) is 10.8 Å². The highest BCUT2D eigenvalue weighted by Crippen LogP contribution is 2.52. The fourth-order valence-electron chi connectivity index (χ4n) is 5.87. The van der Waals surface area contributed by atoms with Gasteiger partial charge < -0.3 is 39.5 Å². The number of hydrogen-bond donors (Lipinski definition) is 3. The topological polar surface area (TPSA) is 202 Å². The predicted molar refractivity (Wildman–Crippen MR) is 194 cm³/mol. The Morgan fingerprint density at radius 1 is 0.907 bits per heavy atom. The number of fused-ring (bicyclic) bond motifs is 1. The number of carbonyl (C=O) groups excluding carboxylic acids is 6. The quantitative estimate of drug-likeness (QED) is 0.0429. The number of halogens is 3. The third kappa shape index (κ3) is 8.63. The molecule has 2 unspecified atom stereocenters. The number of esters is 1. The molecular formula is C35H33Cl3N4O11S. The molecule has 0 bridgehead atoms. The predicted octanol–water partition coefficient (Wildman–Crippen LogP) is 3.92. The van der Waals surface area contributed by atoms with E-state index in [1.807, 2.05) is 6.07 Å². The van der Waals surface area contributed by atoms with E-state index in [0.717, 1.165) is 10.5 Å². The number of hydrogen-bond acceptors (Lipinski definition) is 11. The SMILES string of the molecule is CC1(C)[S+]([O-])[C@@H]2[C@H](NC=O)C(=O)N2[C@@]1(NC(=O)C(NC(=O)OCC(Cl)(Cl)Cl)c1ccc(OC(=O)OCc2ccccc2)cc1)C(=O)OCc1ccccc1. The molecule has 2 heterocycles. The normalized spacial score (nSPS) is 21.7. The van der Waals surface area contributed by atoms with Crippen molar-refractivity contribution in [3.8, 4) is 5.75 Å². The molecule has 2 aliphatic heterocycles. The molecule has 2 saturated heterocycles. The highest BCUT2D eigenvalue weighted by atomic mass is 35.6. The average Bonchev–Trinajstić information content (AvgIpc) is 3.30. The molecule has 3 aromatic carbocycles. The second kappa shape index (κ2) is 16.7. The highest BCUT2D eigenvalue weighted by molar-refractivity contribution is 7.94. The molecule has 286 valence electrons. The molecule has 0 radical (unpaired) electrons. The number of carbonyl (C=O) groups is 6. The fraction of sp³-hybridized carbons (Fsp3) is 0.314. The largest absolute Gasteiger partial charge is 0.614 e. The number of nitrogens with one attached hydrogen (secondary N) is 3. The number of β-lactam (4-membered cyclic amide) rings is 1. The van der Waals surface area contributed by atoms with Crippen LogP contribution in [-0.4, -0.2) is 78.1 Å². The molecule has 5 rings (SSSR count). The Hall–Kier alpha value is -4.74. The summed E-state index contributed by atoms with van der Waals surface area (Å²) >= 11 is 15.1. The van der Waals surface area contributed by atoms with E-state index in [0.29, 0.717) is 5.56 Å². The molecule has 3 N–H and O–H groups in total. The minimum Gasteiger partial charge on any atom is -0.614 e. The van der Waals surface area contributed by atoms with Gasteiger partial charge in [-0.25, -0.2) is 14.4 Å². The van der Waals surface area contributed by atoms with Crippen molar-refractivity contribution in [1.29, 1.82) is 0 Å². The van der Waals surface area contributed by atoms with Crippen LogP contribution in [0.15, 0.2) is 84.9 Å². The first kappa shape index (κ1) is 40.4. The molecule has 19 heteroatoms. The summed E-state index contributed by atoms with van der Waals surface area (Å²) in [4.78, 5) is 79.7. The van der Waals surface area contributed by atoms with Gasteiger partial charge in [0, 0.05) is 0 Å². The maximum atomic E-state index is 14.4. The zero-order valence-electron chi connectivity index (χ0n) is 28.5. The van der Waals surface area contributed by atoms with Gasteiger partial charge in [-0.15, -0.1) is 0 Å². The van der Waals surface area contributed by atoms with Crippen molar-refractivity contribution in [3.05, 3.63) is 102 Å². The lowest BCUT2D eigenvalue weighted by Gasteiger charge is -2.46. The Morgan fingerprint density at radius 3 is 2.04 bits per heavy atom. The summed E-state index contributed by atoms with van der Waals surface area (Å²) in [7, 11) is 0. The van der Waals surface area contributed by atoms with Gasteiger partial charge in [-0.3, -0.25) is 19.3 Å². The summed E-state index contributed by atoms with van der Waals surface area (Å²) in [5, 5.41) is 5.98. The minimum atomic E-state index is -2.43. The molecule has 0 aliphatic carbocycles. The summed E-state index contributed by atoms with van der Waals surface area (Å²) in [6, 6.07) is 19.7. The fourth-order valence-corrected chi connectivity index (χ4v) is 8.05. The van der Waals surface area contributed by atoms with Crippen molar-refractivity contribution in [2.75, 3.05) is 6.61 Å². The molecule has 5 atom stereocenters. The van der Waals surface area contributed by atoms with E-state index in [4.69, 9.17) is 53.8 Å². The monoisotopic (exact) mass is 822 g/mol. The van der Waals surface area contributed by atoms with Crippen LogP contribution >= 0.6 is 34.8 Å². The van der Waals surface area contributed by atoms with Crippen LogP contribution in [0.4, 0.5) is 9.59 Å². The lowest BCUT2D eigenvalue weighted by atomic mass is 9.87. The van der Waals surface area contributed by atoms with Gasteiger partial charge in [-0.1, -0.05) is 108 Å². The first-order valence-electron chi connectivity index (χ1n) is 16.0. The molecule has 54 heavy (non-hydrogen) atoms. The third-order valence-corrected chi connectivity index (χ3v) is 11.1. The van der Waals surface area contributed by atoms with Crippen LogP contribution < -0.4 is 20.7 Å². The maximum Gasteiger partial charge on any atom is 0.514 e. The molecule has 2 aliphatic rings. The Morgan fingerprint density at radius 2 is 1.48 bits per heavy atom. The van der Waals surface area contributed by atoms with E-state index in [9.17, 15) is 33.3 Å². The molecule has 0 aromatic heterocycles. The second-order valence-corrected chi connectivity index (χ2v) is 17.0. The number of ether oxygens (including phenoxy) is 4. The highest BCUT2D eigenvalue weighted by Gasteiger charge is 2.82. The molecule has 4 amide bonds. The Labute approximate surface area is 327 Å². The molecule has 0 saturated carbocycles. The van der Waals surface area contributed by atoms with Gasteiger partial charge in [0.25, 0.3) is 11.6 Å². The van der Waals surface area contributed by atoms with Crippen LogP contribution in [0.25, 0.3) is 0 Å². The zero-order chi connectivity index (χ0) is 39.3. The van der Waals surface area contributed by atoms with E-state index < -0.39 is 79.5 Å². The molecular weight excluding hydrogens is 791 g/mol. The molecule has 15 nitrogen and oxygen atoms in total. The Kier molecular flexibility index (Phi) is 12.5. The first-order chi connectivity index (χ1) is 25.6. The Balaban J connectivity index is 1.45. The number of alkyl halides is 3. The van der Waals surface area contributed by atoms with Crippen LogP contribution in [0.5, 0.6) is 5.75 Å². The standard InChI is InChI=1S/C35H33Cl3N4O11S/c1-33(2)35(30(46)50-17-21-9-5-3-6-10-21,42-28(45)26(39-20-43)29(42)54(33)49)41-27(44)25(40-31(47)52-19-34(36,37)38)23-13-15-24(16-14-23)53-32(48)51-18-22-11-7-4-8-12-22/h3-16,20,25-26,29H,17-19H2,1-2H3,(H,39,43)(H,40,47)(H,41,44)/t25?,26-,29-,35+,54?/m1/s1. The van der Waals surface area contributed by atoms with Crippen molar-refractivity contribution in [1.82, 2.24) is 20.9 Å². The Bertz CT molecular complexity index is 1870. The molecule has 0 spiro atoms. The maximum absolute atomic E-state index is 14.4. The lowest BCUT2D eigenvalue weighted by molar-refractivity contribution is -0.181. The molecule has 3 aromatic rings. The van der Waals surface area contributed by atoms with Crippen LogP contribution in [0.1, 0.15) is 36.6 Å². The zero-order valence-corrected chi connectivity index (χ0v) is 31.6. The van der Waals surface area contributed by atoms with Crippen LogP contribution in [0.2, 0.25) is 0 Å². The van der Waals surface area contributed by atoms with Gasteiger partial charge in [-0.2, -0.15) is 0 Å². The average molecular weight is 824 g/mol. The van der Waals surface area contributed by atoms with Gasteiger partial charge in [0.05, 0.1) is 0 Å². The van der Waals surface area contributed by atoms with Crippen molar-refractivity contribution < 1.29 is 52.3 Å². The smallest absolute Gasteiger partial charge is 0.514 e. The van der Waals surface area contributed by atoms with Crippen molar-refractivity contribution in [2.45, 2.75) is 58.7 Å². The van der Waals surface area contributed by atoms with Crippen LogP contribution in [0, 0.1) is 0 Å². The van der Waals surface area contributed by atoms with Gasteiger partial charge in [-0.05, 0) is 53.8 Å².